The number of amides is 2. The number of benzene rings is 2. The lowest BCUT2D eigenvalue weighted by atomic mass is 10.1. The number of aryl methyl sites for hydroxylation is 1. The first-order chi connectivity index (χ1) is 12.9. The minimum Gasteiger partial charge on any atom is -0.345 e. The first-order valence-electron chi connectivity index (χ1n) is 8.63. The second-order valence-electron chi connectivity index (χ2n) is 6.54. The lowest BCUT2D eigenvalue weighted by Gasteiger charge is -2.14. The standard InChI is InChI=1S/C21H22N4O2/c1-14-9-5-8-12-19(14)25-15(2)17(13-22-25)20(26)23-18-11-7-6-10-16(18)21(27)24(3)4/h5-13H,1-4H3,(H,23,26). The lowest BCUT2D eigenvalue weighted by molar-refractivity contribution is 0.0828. The largest absolute Gasteiger partial charge is 0.345 e. The van der Waals surface area contributed by atoms with Crippen LogP contribution in [-0.2, 0) is 0 Å². The molecule has 1 N–H and O–H groups in total. The van der Waals surface area contributed by atoms with Gasteiger partial charge in [-0.05, 0) is 37.6 Å². The van der Waals surface area contributed by atoms with Crippen LogP contribution in [0.5, 0.6) is 0 Å². The number of carbonyl (C=O) groups is 2. The highest BCUT2D eigenvalue weighted by atomic mass is 16.2. The molecule has 1 heterocycles. The average molecular weight is 362 g/mol. The zero-order valence-corrected chi connectivity index (χ0v) is 15.9. The molecule has 0 aliphatic rings. The van der Waals surface area contributed by atoms with Gasteiger partial charge in [0.15, 0.2) is 0 Å². The smallest absolute Gasteiger partial charge is 0.259 e. The molecule has 6 nitrogen and oxygen atoms in total. The van der Waals surface area contributed by atoms with Gasteiger partial charge in [-0.15, -0.1) is 0 Å². The second kappa shape index (κ2) is 7.45. The molecule has 138 valence electrons. The molecule has 1 aromatic heterocycles. The first kappa shape index (κ1) is 18.4. The van der Waals surface area contributed by atoms with Gasteiger partial charge in [0.05, 0.1) is 34.4 Å². The molecular weight excluding hydrogens is 340 g/mol. The topological polar surface area (TPSA) is 67.2 Å². The fraction of sp³-hybridized carbons (Fsp3) is 0.190. The minimum atomic E-state index is -0.300. The molecule has 0 atom stereocenters. The molecule has 0 aliphatic heterocycles. The van der Waals surface area contributed by atoms with Crippen molar-refractivity contribution in [2.75, 3.05) is 19.4 Å². The van der Waals surface area contributed by atoms with Gasteiger partial charge in [0.25, 0.3) is 11.8 Å². The van der Waals surface area contributed by atoms with E-state index in [0.29, 0.717) is 16.8 Å². The molecule has 6 heteroatoms. The highest BCUT2D eigenvalue weighted by molar-refractivity contribution is 6.09. The third kappa shape index (κ3) is 3.60. The average Bonchev–Trinajstić information content (AvgIpc) is 3.03. The van der Waals surface area contributed by atoms with Crippen molar-refractivity contribution in [2.45, 2.75) is 13.8 Å². The maximum absolute atomic E-state index is 12.8. The number of rotatable bonds is 4. The summed E-state index contributed by atoms with van der Waals surface area (Å²) in [5, 5.41) is 7.22. The molecule has 2 aromatic carbocycles. The molecule has 0 aliphatic carbocycles. The molecular formula is C21H22N4O2. The van der Waals surface area contributed by atoms with E-state index in [1.807, 2.05) is 38.1 Å². The highest BCUT2D eigenvalue weighted by Gasteiger charge is 2.19. The molecule has 0 saturated heterocycles. The van der Waals surface area contributed by atoms with Crippen LogP contribution in [0.25, 0.3) is 5.69 Å². The Kier molecular flexibility index (Phi) is 5.07. The van der Waals surface area contributed by atoms with Crippen molar-refractivity contribution in [1.82, 2.24) is 14.7 Å². The maximum Gasteiger partial charge on any atom is 0.259 e. The van der Waals surface area contributed by atoms with Crippen molar-refractivity contribution >= 4 is 17.5 Å². The molecule has 3 rings (SSSR count). The molecule has 0 fully saturated rings. The van der Waals surface area contributed by atoms with Gasteiger partial charge in [-0.3, -0.25) is 9.59 Å². The van der Waals surface area contributed by atoms with Gasteiger partial charge < -0.3 is 10.2 Å². The van der Waals surface area contributed by atoms with Crippen molar-refractivity contribution in [3.63, 3.8) is 0 Å². The van der Waals surface area contributed by atoms with Crippen molar-refractivity contribution in [3.05, 3.63) is 77.1 Å². The van der Waals surface area contributed by atoms with E-state index in [-0.39, 0.29) is 11.8 Å². The number of nitrogens with one attached hydrogen (secondary N) is 1. The van der Waals surface area contributed by atoms with Crippen molar-refractivity contribution in [1.29, 1.82) is 0 Å². The number of aromatic nitrogens is 2. The van der Waals surface area contributed by atoms with Gasteiger partial charge in [-0.2, -0.15) is 5.10 Å². The van der Waals surface area contributed by atoms with Crippen molar-refractivity contribution < 1.29 is 9.59 Å². The summed E-state index contributed by atoms with van der Waals surface area (Å²) in [6, 6.07) is 14.8. The zero-order chi connectivity index (χ0) is 19.6. The highest BCUT2D eigenvalue weighted by Crippen LogP contribution is 2.21. The van der Waals surface area contributed by atoms with Crippen LogP contribution in [0.15, 0.2) is 54.7 Å². The summed E-state index contributed by atoms with van der Waals surface area (Å²) in [6.45, 7) is 3.85. The summed E-state index contributed by atoms with van der Waals surface area (Å²) < 4.78 is 1.75. The SMILES string of the molecule is Cc1ccccc1-n1ncc(C(=O)Nc2ccccc2C(=O)N(C)C)c1C. The van der Waals surface area contributed by atoms with E-state index in [1.165, 1.54) is 4.90 Å². The van der Waals surface area contributed by atoms with Crippen LogP contribution in [-0.4, -0.2) is 40.6 Å². The monoisotopic (exact) mass is 362 g/mol. The minimum absolute atomic E-state index is 0.168. The predicted octanol–water partition coefficient (Wildman–Crippen LogP) is 3.44. The van der Waals surface area contributed by atoms with Crippen LogP contribution < -0.4 is 5.32 Å². The van der Waals surface area contributed by atoms with Crippen LogP contribution in [0.2, 0.25) is 0 Å². The summed E-state index contributed by atoms with van der Waals surface area (Å²) in [6.07, 6.45) is 1.55. The number of nitrogens with zero attached hydrogens (tertiary/aromatic N) is 3. The molecule has 0 bridgehead atoms. The number of hydrogen-bond acceptors (Lipinski definition) is 3. The maximum atomic E-state index is 12.8. The van der Waals surface area contributed by atoms with E-state index < -0.39 is 0 Å². The second-order valence-corrected chi connectivity index (χ2v) is 6.54. The summed E-state index contributed by atoms with van der Waals surface area (Å²) in [4.78, 5) is 26.6. The molecule has 0 spiro atoms. The van der Waals surface area contributed by atoms with Gasteiger partial charge in [0, 0.05) is 14.1 Å². The first-order valence-corrected chi connectivity index (χ1v) is 8.63. The van der Waals surface area contributed by atoms with E-state index in [2.05, 4.69) is 10.4 Å². The number of anilines is 1. The normalized spacial score (nSPS) is 10.5. The van der Waals surface area contributed by atoms with Crippen molar-refractivity contribution in [3.8, 4) is 5.69 Å². The predicted molar refractivity (Wildman–Crippen MR) is 105 cm³/mol. The summed E-state index contributed by atoms with van der Waals surface area (Å²) in [5.41, 5.74) is 4.11. The Balaban J connectivity index is 1.91. The molecule has 0 saturated carbocycles. The van der Waals surface area contributed by atoms with Crippen LogP contribution in [0.1, 0.15) is 32.0 Å². The molecule has 3 aromatic rings. The number of carbonyl (C=O) groups excluding carboxylic acids is 2. The Morgan fingerprint density at radius 2 is 1.63 bits per heavy atom. The quantitative estimate of drug-likeness (QED) is 0.773. The van der Waals surface area contributed by atoms with Gasteiger partial charge in [0.2, 0.25) is 0 Å². The van der Waals surface area contributed by atoms with Gasteiger partial charge in [-0.25, -0.2) is 4.68 Å². The molecule has 27 heavy (non-hydrogen) atoms. The third-order valence-electron chi connectivity index (χ3n) is 4.41. The Bertz CT molecular complexity index is 1000. The molecule has 2 amide bonds. The third-order valence-corrected chi connectivity index (χ3v) is 4.41. The number of para-hydroxylation sites is 2. The van der Waals surface area contributed by atoms with E-state index in [0.717, 1.165) is 16.9 Å². The van der Waals surface area contributed by atoms with Crippen molar-refractivity contribution in [2.24, 2.45) is 0 Å². The Morgan fingerprint density at radius 3 is 2.33 bits per heavy atom. The van der Waals surface area contributed by atoms with Crippen LogP contribution in [0.4, 0.5) is 5.69 Å². The van der Waals surface area contributed by atoms with Gasteiger partial charge in [-0.1, -0.05) is 30.3 Å². The lowest BCUT2D eigenvalue weighted by Crippen LogP contribution is -2.24. The zero-order valence-electron chi connectivity index (χ0n) is 15.9. The molecule has 0 radical (unpaired) electrons. The Hall–Kier alpha value is -3.41. The Labute approximate surface area is 158 Å². The fourth-order valence-corrected chi connectivity index (χ4v) is 2.89. The van der Waals surface area contributed by atoms with E-state index in [1.54, 1.807) is 49.2 Å². The molecule has 0 unspecified atom stereocenters. The van der Waals surface area contributed by atoms with E-state index in [4.69, 9.17) is 0 Å². The van der Waals surface area contributed by atoms with Gasteiger partial charge in [0.1, 0.15) is 0 Å². The van der Waals surface area contributed by atoms with Crippen LogP contribution >= 0.6 is 0 Å². The number of hydrogen-bond donors (Lipinski definition) is 1. The summed E-state index contributed by atoms with van der Waals surface area (Å²) in [5.74, 6) is -0.468. The van der Waals surface area contributed by atoms with Gasteiger partial charge >= 0.3 is 0 Å². The fourth-order valence-electron chi connectivity index (χ4n) is 2.89. The summed E-state index contributed by atoms with van der Waals surface area (Å²) in [7, 11) is 3.36. The van der Waals surface area contributed by atoms with Crippen LogP contribution in [0, 0.1) is 13.8 Å². The summed E-state index contributed by atoms with van der Waals surface area (Å²) >= 11 is 0. The Morgan fingerprint density at radius 1 is 0.963 bits per heavy atom. The van der Waals surface area contributed by atoms with E-state index in [9.17, 15) is 9.59 Å². The van der Waals surface area contributed by atoms with E-state index >= 15 is 0 Å². The van der Waals surface area contributed by atoms with Crippen LogP contribution in [0.3, 0.4) is 0 Å².